The maximum absolute atomic E-state index is 6.61. The van der Waals surface area contributed by atoms with Crippen LogP contribution in [0.5, 0.6) is 23.0 Å². The Hall–Kier alpha value is -5.48. The van der Waals surface area contributed by atoms with Gasteiger partial charge in [0.05, 0.1) is 31.2 Å². The van der Waals surface area contributed by atoms with Crippen molar-refractivity contribution in [2.75, 3.05) is 26.4 Å². The van der Waals surface area contributed by atoms with Crippen LogP contribution in [0.25, 0.3) is 75.0 Å². The molecule has 1 aliphatic carbocycles. The summed E-state index contributed by atoms with van der Waals surface area (Å²) < 4.78 is 35.7. The van der Waals surface area contributed by atoms with Gasteiger partial charge in [-0.1, -0.05) is 162 Å². The standard InChI is InChI=1S/C55H52N2O4S3/c1-3-5-7-15-27-55(28-16-8-6-4-2)43-33-37(35-17-11-9-12-18-35)21-23-39(43)40-24-22-38(34-44(40)55)52-48-50(61-32-30-59-48)54(63-52)42-26-25-41(45-46(42)57-64-56-45)53-49-47(58-29-31-60-49)51(62-53)36-19-13-10-14-20-36/h9-14,17-26,33-34H,3-8,15-16,27-32H2,1-2H3. The Balaban J connectivity index is 1.03. The minimum Gasteiger partial charge on any atom is -0.485 e. The number of benzene rings is 5. The third-order valence-corrected chi connectivity index (χ3v) is 16.4. The average Bonchev–Trinajstić information content (AvgIpc) is 4.15. The Kier molecular flexibility index (Phi) is 11.5. The fraction of sp³-hybridized carbons (Fsp3) is 0.309. The van der Waals surface area contributed by atoms with E-state index < -0.39 is 0 Å². The van der Waals surface area contributed by atoms with E-state index in [4.69, 9.17) is 27.7 Å². The lowest BCUT2D eigenvalue weighted by Crippen LogP contribution is -2.25. The van der Waals surface area contributed by atoms with Crippen LogP contribution < -0.4 is 18.9 Å². The Labute approximate surface area is 388 Å². The van der Waals surface area contributed by atoms with E-state index in [1.807, 2.05) is 6.07 Å². The molecule has 0 saturated carbocycles. The Morgan fingerprint density at radius 3 is 1.39 bits per heavy atom. The van der Waals surface area contributed by atoms with Crippen molar-refractivity contribution in [3.63, 3.8) is 0 Å². The monoisotopic (exact) mass is 900 g/mol. The molecule has 0 atom stereocenters. The summed E-state index contributed by atoms with van der Waals surface area (Å²) in [5, 5.41) is 0. The highest BCUT2D eigenvalue weighted by Crippen LogP contribution is 2.60. The molecule has 64 heavy (non-hydrogen) atoms. The third-order valence-electron chi connectivity index (χ3n) is 13.4. The smallest absolute Gasteiger partial charge is 0.180 e. The second kappa shape index (κ2) is 17.8. The maximum atomic E-state index is 6.61. The van der Waals surface area contributed by atoms with Gasteiger partial charge in [0.15, 0.2) is 23.0 Å². The fourth-order valence-corrected chi connectivity index (χ4v) is 13.3. The minimum absolute atomic E-state index is 0.0746. The lowest BCUT2D eigenvalue weighted by atomic mass is 9.70. The summed E-state index contributed by atoms with van der Waals surface area (Å²) >= 11 is 4.68. The van der Waals surface area contributed by atoms with Crippen molar-refractivity contribution in [2.45, 2.75) is 83.5 Å². The van der Waals surface area contributed by atoms with E-state index >= 15 is 0 Å². The molecule has 2 aliphatic heterocycles. The van der Waals surface area contributed by atoms with Crippen molar-refractivity contribution < 1.29 is 18.9 Å². The molecule has 0 saturated heterocycles. The largest absolute Gasteiger partial charge is 0.485 e. The topological polar surface area (TPSA) is 62.7 Å². The zero-order valence-electron chi connectivity index (χ0n) is 36.5. The highest BCUT2D eigenvalue weighted by Gasteiger charge is 2.43. The number of hydrogen-bond donors (Lipinski definition) is 0. The Bertz CT molecular complexity index is 2940. The van der Waals surface area contributed by atoms with Crippen molar-refractivity contribution in [3.05, 3.63) is 120 Å². The summed E-state index contributed by atoms with van der Waals surface area (Å²) in [6, 6.07) is 40.2. The summed E-state index contributed by atoms with van der Waals surface area (Å²) in [7, 11) is 0. The molecule has 0 fully saturated rings. The third kappa shape index (κ3) is 7.20. The molecular formula is C55H52N2O4S3. The first kappa shape index (κ1) is 41.2. The highest BCUT2D eigenvalue weighted by atomic mass is 32.1. The number of aromatic nitrogens is 2. The van der Waals surface area contributed by atoms with E-state index in [2.05, 4.69) is 117 Å². The fourth-order valence-electron chi connectivity index (χ4n) is 10.3. The summed E-state index contributed by atoms with van der Waals surface area (Å²) in [5.74, 6) is 3.22. The summed E-state index contributed by atoms with van der Waals surface area (Å²) in [6.45, 7) is 6.66. The second-order valence-electron chi connectivity index (χ2n) is 17.3. The van der Waals surface area contributed by atoms with Gasteiger partial charge in [0.25, 0.3) is 0 Å². The van der Waals surface area contributed by atoms with Gasteiger partial charge in [-0.05, 0) is 69.5 Å². The summed E-state index contributed by atoms with van der Waals surface area (Å²) in [4.78, 5) is 4.20. The Morgan fingerprint density at radius 2 is 0.875 bits per heavy atom. The van der Waals surface area contributed by atoms with Gasteiger partial charge in [-0.25, -0.2) is 0 Å². The molecule has 5 aromatic carbocycles. The summed E-state index contributed by atoms with van der Waals surface area (Å²) in [5.41, 5.74) is 14.2. The predicted octanol–water partition coefficient (Wildman–Crippen LogP) is 15.9. The van der Waals surface area contributed by atoms with Crippen molar-refractivity contribution in [1.29, 1.82) is 0 Å². The molecule has 0 amide bonds. The molecule has 0 radical (unpaired) electrons. The number of nitrogens with zero attached hydrogens (tertiary/aromatic N) is 2. The van der Waals surface area contributed by atoms with Crippen molar-refractivity contribution in [3.8, 4) is 87.0 Å². The van der Waals surface area contributed by atoms with Crippen molar-refractivity contribution in [1.82, 2.24) is 8.75 Å². The molecule has 6 nitrogen and oxygen atoms in total. The van der Waals surface area contributed by atoms with Gasteiger partial charge in [-0.2, -0.15) is 8.75 Å². The lowest BCUT2D eigenvalue weighted by Gasteiger charge is -2.33. The van der Waals surface area contributed by atoms with Crippen LogP contribution in [-0.4, -0.2) is 35.2 Å². The van der Waals surface area contributed by atoms with Gasteiger partial charge in [0, 0.05) is 16.5 Å². The van der Waals surface area contributed by atoms with E-state index in [9.17, 15) is 0 Å². The molecule has 9 heteroatoms. The normalized spacial score (nSPS) is 14.5. The van der Waals surface area contributed by atoms with E-state index in [-0.39, 0.29) is 5.41 Å². The molecule has 3 aromatic heterocycles. The number of rotatable bonds is 15. The first-order valence-corrected chi connectivity index (χ1v) is 25.5. The number of thiophene rings is 2. The SMILES string of the molecule is CCCCCCC1(CCCCCC)c2cc(-c3ccccc3)ccc2-c2ccc(-c3sc(-c4ccc(-c5sc(-c6ccccc6)c6c5OCCO6)c5nsnc45)c4c3OCCO4)cc21. The molecule has 0 bridgehead atoms. The lowest BCUT2D eigenvalue weighted by molar-refractivity contribution is 0.175. The molecule has 0 unspecified atom stereocenters. The molecule has 11 rings (SSSR count). The Morgan fingerprint density at radius 1 is 0.438 bits per heavy atom. The highest BCUT2D eigenvalue weighted by molar-refractivity contribution is 7.20. The van der Waals surface area contributed by atoms with Crippen molar-refractivity contribution in [2.24, 2.45) is 0 Å². The van der Waals surface area contributed by atoms with Crippen LogP contribution in [0.2, 0.25) is 0 Å². The number of unbranched alkanes of at least 4 members (excludes halogenated alkanes) is 6. The van der Waals surface area contributed by atoms with Crippen LogP contribution in [0.15, 0.2) is 109 Å². The molecular weight excluding hydrogens is 849 g/mol. The molecule has 5 heterocycles. The van der Waals surface area contributed by atoms with Gasteiger partial charge < -0.3 is 18.9 Å². The second-order valence-corrected chi connectivity index (χ2v) is 19.9. The summed E-state index contributed by atoms with van der Waals surface area (Å²) in [6.07, 6.45) is 12.2. The van der Waals surface area contributed by atoms with Gasteiger partial charge in [0.1, 0.15) is 37.5 Å². The quantitative estimate of drug-likeness (QED) is 0.0955. The maximum Gasteiger partial charge on any atom is 0.180 e. The predicted molar refractivity (Wildman–Crippen MR) is 266 cm³/mol. The van der Waals surface area contributed by atoms with Crippen LogP contribution in [0.4, 0.5) is 0 Å². The number of fused-ring (bicyclic) bond motifs is 6. The van der Waals surface area contributed by atoms with E-state index in [0.29, 0.717) is 26.4 Å². The number of ether oxygens (including phenoxy) is 4. The van der Waals surface area contributed by atoms with Crippen molar-refractivity contribution >= 4 is 45.4 Å². The average molecular weight is 901 g/mol. The van der Waals surface area contributed by atoms with Gasteiger partial charge in [0.2, 0.25) is 0 Å². The van der Waals surface area contributed by atoms with Crippen LogP contribution in [0, 0.1) is 0 Å². The first-order chi connectivity index (χ1) is 31.7. The molecule has 0 spiro atoms. The van der Waals surface area contributed by atoms with Crippen LogP contribution in [0.3, 0.4) is 0 Å². The van der Waals surface area contributed by atoms with E-state index in [1.54, 1.807) is 22.7 Å². The zero-order valence-corrected chi connectivity index (χ0v) is 39.0. The minimum atomic E-state index is -0.0746. The zero-order chi connectivity index (χ0) is 43.0. The van der Waals surface area contributed by atoms with E-state index in [1.165, 1.54) is 102 Å². The molecule has 0 N–H and O–H groups in total. The molecule has 324 valence electrons. The number of hydrogen-bond acceptors (Lipinski definition) is 9. The van der Waals surface area contributed by atoms with Crippen LogP contribution in [-0.2, 0) is 5.41 Å². The van der Waals surface area contributed by atoms with Gasteiger partial charge in [-0.3, -0.25) is 0 Å². The van der Waals surface area contributed by atoms with Crippen LogP contribution in [0.1, 0.15) is 89.2 Å². The van der Waals surface area contributed by atoms with Crippen LogP contribution >= 0.6 is 34.4 Å². The van der Waals surface area contributed by atoms with Gasteiger partial charge >= 0.3 is 0 Å². The van der Waals surface area contributed by atoms with E-state index in [0.717, 1.165) is 83.1 Å². The van der Waals surface area contributed by atoms with Gasteiger partial charge in [-0.15, -0.1) is 22.7 Å². The molecule has 3 aliphatic rings. The molecule has 8 aromatic rings. The first-order valence-electron chi connectivity index (χ1n) is 23.2.